The molecule has 0 fully saturated rings. The molecule has 110 valence electrons. The molecule has 0 radical (unpaired) electrons. The van der Waals surface area contributed by atoms with Gasteiger partial charge in [-0.2, -0.15) is 8.42 Å². The average Bonchev–Trinajstić information content (AvgIpc) is 2.72. The molecule has 1 aromatic heterocycles. The molecule has 1 heterocycles. The molecule has 5 heteroatoms. The fraction of sp³-hybridized carbons (Fsp3) is 0.250. The van der Waals surface area contributed by atoms with Crippen LogP contribution in [0.2, 0.25) is 0 Å². The van der Waals surface area contributed by atoms with Gasteiger partial charge in [0.25, 0.3) is 10.1 Å². The summed E-state index contributed by atoms with van der Waals surface area (Å²) in [5.74, 6) is 0. The standard InChI is InChI=1S/C16H17NO3S/c1-12(20-21(2,18)19)11-17-15-9-5-3-7-13(15)14-8-4-6-10-16(14)17/h3-10,12H,11H2,1-2H3. The van der Waals surface area contributed by atoms with E-state index in [9.17, 15) is 8.42 Å². The highest BCUT2D eigenvalue weighted by molar-refractivity contribution is 7.86. The third-order valence-electron chi connectivity index (χ3n) is 3.46. The molecule has 0 aliphatic heterocycles. The van der Waals surface area contributed by atoms with Gasteiger partial charge in [-0.3, -0.25) is 4.18 Å². The van der Waals surface area contributed by atoms with Crippen molar-refractivity contribution in [2.24, 2.45) is 0 Å². The summed E-state index contributed by atoms with van der Waals surface area (Å²) in [7, 11) is -3.45. The minimum absolute atomic E-state index is 0.417. The Bertz CT molecular complexity index is 843. The molecule has 3 rings (SSSR count). The number of hydrogen-bond acceptors (Lipinski definition) is 3. The maximum Gasteiger partial charge on any atom is 0.264 e. The molecule has 0 aliphatic rings. The predicted octanol–water partition coefficient (Wildman–Crippen LogP) is 3.16. The summed E-state index contributed by atoms with van der Waals surface area (Å²) in [5.41, 5.74) is 2.17. The van der Waals surface area contributed by atoms with Crippen LogP contribution in [-0.2, 0) is 20.8 Å². The van der Waals surface area contributed by atoms with E-state index in [2.05, 4.69) is 16.7 Å². The highest BCUT2D eigenvalue weighted by atomic mass is 32.2. The van der Waals surface area contributed by atoms with E-state index < -0.39 is 16.2 Å². The van der Waals surface area contributed by atoms with Gasteiger partial charge in [0.1, 0.15) is 0 Å². The van der Waals surface area contributed by atoms with Gasteiger partial charge in [0.2, 0.25) is 0 Å². The average molecular weight is 303 g/mol. The highest BCUT2D eigenvalue weighted by Crippen LogP contribution is 2.29. The Hall–Kier alpha value is -1.85. The van der Waals surface area contributed by atoms with Crippen molar-refractivity contribution in [1.82, 2.24) is 4.57 Å². The Balaban J connectivity index is 2.12. The zero-order chi connectivity index (χ0) is 15.0. The van der Waals surface area contributed by atoms with Crippen molar-refractivity contribution in [2.75, 3.05) is 6.26 Å². The molecule has 0 aliphatic carbocycles. The Morgan fingerprint density at radius 3 is 1.95 bits per heavy atom. The van der Waals surface area contributed by atoms with E-state index in [4.69, 9.17) is 4.18 Å². The number of nitrogens with zero attached hydrogens (tertiary/aromatic N) is 1. The van der Waals surface area contributed by atoms with E-state index >= 15 is 0 Å². The van der Waals surface area contributed by atoms with Crippen LogP contribution in [0.25, 0.3) is 21.8 Å². The first-order valence-corrected chi connectivity index (χ1v) is 8.61. The second-order valence-corrected chi connectivity index (χ2v) is 6.86. The summed E-state index contributed by atoms with van der Waals surface area (Å²) in [6.45, 7) is 2.26. The Morgan fingerprint density at radius 1 is 1.00 bits per heavy atom. The number of aromatic nitrogens is 1. The molecule has 0 spiro atoms. The maximum atomic E-state index is 11.3. The third-order valence-corrected chi connectivity index (χ3v) is 4.14. The molecular formula is C16H17NO3S. The summed E-state index contributed by atoms with van der Waals surface area (Å²) in [4.78, 5) is 0. The quantitative estimate of drug-likeness (QED) is 0.696. The van der Waals surface area contributed by atoms with Gasteiger partial charge in [0.05, 0.1) is 18.9 Å². The van der Waals surface area contributed by atoms with Crippen LogP contribution in [0, 0.1) is 0 Å². The van der Waals surface area contributed by atoms with Crippen LogP contribution in [-0.4, -0.2) is 25.3 Å². The van der Waals surface area contributed by atoms with Crippen LogP contribution in [0.4, 0.5) is 0 Å². The number of hydrogen-bond donors (Lipinski definition) is 0. The molecule has 0 amide bonds. The van der Waals surface area contributed by atoms with E-state index in [0.717, 1.165) is 17.3 Å². The number of fused-ring (bicyclic) bond motifs is 3. The molecule has 0 saturated heterocycles. The van der Waals surface area contributed by atoms with Crippen LogP contribution in [0.3, 0.4) is 0 Å². The van der Waals surface area contributed by atoms with Crippen molar-refractivity contribution in [2.45, 2.75) is 19.6 Å². The molecule has 21 heavy (non-hydrogen) atoms. The van der Waals surface area contributed by atoms with Crippen molar-refractivity contribution in [3.63, 3.8) is 0 Å². The fourth-order valence-electron chi connectivity index (χ4n) is 2.79. The molecule has 0 saturated carbocycles. The Kier molecular flexibility index (Phi) is 3.47. The lowest BCUT2D eigenvalue weighted by atomic mass is 10.2. The van der Waals surface area contributed by atoms with Crippen molar-refractivity contribution in [1.29, 1.82) is 0 Å². The predicted molar refractivity (Wildman–Crippen MR) is 84.8 cm³/mol. The monoisotopic (exact) mass is 303 g/mol. The van der Waals surface area contributed by atoms with Gasteiger partial charge >= 0.3 is 0 Å². The van der Waals surface area contributed by atoms with Crippen LogP contribution < -0.4 is 0 Å². The molecule has 2 aromatic carbocycles. The molecule has 0 bridgehead atoms. The molecular weight excluding hydrogens is 286 g/mol. The maximum absolute atomic E-state index is 11.3. The summed E-state index contributed by atoms with van der Waals surface area (Å²) in [6.07, 6.45) is 0.661. The first-order valence-electron chi connectivity index (χ1n) is 6.80. The van der Waals surface area contributed by atoms with E-state index in [-0.39, 0.29) is 0 Å². The normalized spacial score (nSPS) is 13.8. The molecule has 1 atom stereocenters. The Labute approximate surface area is 124 Å². The zero-order valence-electron chi connectivity index (χ0n) is 12.0. The molecule has 0 N–H and O–H groups in total. The van der Waals surface area contributed by atoms with Crippen LogP contribution >= 0.6 is 0 Å². The number of para-hydroxylation sites is 2. The summed E-state index contributed by atoms with van der Waals surface area (Å²) >= 11 is 0. The summed E-state index contributed by atoms with van der Waals surface area (Å²) < 4.78 is 29.7. The minimum Gasteiger partial charge on any atom is -0.338 e. The van der Waals surface area contributed by atoms with E-state index in [1.54, 1.807) is 6.92 Å². The summed E-state index contributed by atoms with van der Waals surface area (Å²) in [6, 6.07) is 16.2. The van der Waals surface area contributed by atoms with Crippen molar-refractivity contribution >= 4 is 31.9 Å². The second kappa shape index (κ2) is 5.16. The van der Waals surface area contributed by atoms with E-state index in [1.807, 2.05) is 36.4 Å². The third kappa shape index (κ3) is 2.80. The second-order valence-electron chi connectivity index (χ2n) is 5.26. The highest BCUT2D eigenvalue weighted by Gasteiger charge is 2.15. The first kappa shape index (κ1) is 14.1. The van der Waals surface area contributed by atoms with Gasteiger partial charge in [-0.25, -0.2) is 0 Å². The van der Waals surface area contributed by atoms with Crippen molar-refractivity contribution < 1.29 is 12.6 Å². The van der Waals surface area contributed by atoms with Gasteiger partial charge in [-0.1, -0.05) is 36.4 Å². The topological polar surface area (TPSA) is 48.3 Å². The molecule has 4 nitrogen and oxygen atoms in total. The number of benzene rings is 2. The first-order chi connectivity index (χ1) is 9.96. The van der Waals surface area contributed by atoms with Gasteiger partial charge < -0.3 is 4.57 Å². The smallest absolute Gasteiger partial charge is 0.264 e. The van der Waals surface area contributed by atoms with E-state index in [0.29, 0.717) is 6.54 Å². The van der Waals surface area contributed by atoms with Gasteiger partial charge in [0.15, 0.2) is 0 Å². The largest absolute Gasteiger partial charge is 0.338 e. The molecule has 1 unspecified atom stereocenters. The van der Waals surface area contributed by atoms with E-state index in [1.165, 1.54) is 10.8 Å². The minimum atomic E-state index is -3.45. The lowest BCUT2D eigenvalue weighted by Gasteiger charge is -2.14. The van der Waals surface area contributed by atoms with Gasteiger partial charge in [0, 0.05) is 21.8 Å². The fourth-order valence-corrected chi connectivity index (χ4v) is 3.44. The van der Waals surface area contributed by atoms with Crippen molar-refractivity contribution in [3.05, 3.63) is 48.5 Å². The van der Waals surface area contributed by atoms with Crippen LogP contribution in [0.15, 0.2) is 48.5 Å². The van der Waals surface area contributed by atoms with Crippen molar-refractivity contribution in [3.8, 4) is 0 Å². The van der Waals surface area contributed by atoms with Crippen LogP contribution in [0.1, 0.15) is 6.92 Å². The lowest BCUT2D eigenvalue weighted by molar-refractivity contribution is 0.212. The lowest BCUT2D eigenvalue weighted by Crippen LogP contribution is -2.19. The number of rotatable bonds is 4. The SMILES string of the molecule is CC(Cn1c2ccccc2c2ccccc21)OS(C)(=O)=O. The zero-order valence-corrected chi connectivity index (χ0v) is 12.8. The molecule has 3 aromatic rings. The summed E-state index contributed by atoms with van der Waals surface area (Å²) in [5, 5.41) is 2.33. The Morgan fingerprint density at radius 2 is 1.48 bits per heavy atom. The van der Waals surface area contributed by atoms with Crippen LogP contribution in [0.5, 0.6) is 0 Å². The van der Waals surface area contributed by atoms with Gasteiger partial charge in [-0.05, 0) is 19.1 Å². The van der Waals surface area contributed by atoms with Gasteiger partial charge in [-0.15, -0.1) is 0 Å².